The Morgan fingerprint density at radius 3 is 2.24 bits per heavy atom. The topological polar surface area (TPSA) is 76.8 Å². The van der Waals surface area contributed by atoms with Gasteiger partial charge in [0.25, 0.3) is 5.91 Å². The molecule has 29 heavy (non-hydrogen) atoms. The molecule has 0 atom stereocenters. The van der Waals surface area contributed by atoms with Crippen molar-refractivity contribution in [3.05, 3.63) is 84.2 Å². The molecule has 7 nitrogen and oxygen atoms in total. The number of hydrogen-bond acceptors (Lipinski definition) is 5. The number of para-hydroxylation sites is 2. The summed E-state index contributed by atoms with van der Waals surface area (Å²) in [7, 11) is 0. The maximum absolute atomic E-state index is 13.4. The molecule has 1 aliphatic rings. The van der Waals surface area contributed by atoms with Crippen LogP contribution < -0.4 is 4.90 Å². The summed E-state index contributed by atoms with van der Waals surface area (Å²) >= 11 is 0. The van der Waals surface area contributed by atoms with E-state index < -0.39 is 0 Å². The number of aromatic nitrogens is 5. The van der Waals surface area contributed by atoms with Crippen LogP contribution in [0.15, 0.2) is 73.1 Å². The second-order valence-electron chi connectivity index (χ2n) is 6.87. The van der Waals surface area contributed by atoms with Gasteiger partial charge >= 0.3 is 0 Å². The van der Waals surface area contributed by atoms with E-state index in [2.05, 4.69) is 32.5 Å². The minimum Gasteiger partial charge on any atom is -0.279 e. The molecule has 7 heteroatoms. The van der Waals surface area contributed by atoms with Crippen molar-refractivity contribution in [1.82, 2.24) is 25.2 Å². The normalized spacial score (nSPS) is 12.8. The molecule has 2 aromatic carbocycles. The second-order valence-corrected chi connectivity index (χ2v) is 6.87. The maximum atomic E-state index is 13.4. The van der Waals surface area contributed by atoms with Crippen LogP contribution in [0.2, 0.25) is 0 Å². The van der Waals surface area contributed by atoms with Crippen LogP contribution in [0, 0.1) is 0 Å². The van der Waals surface area contributed by atoms with Gasteiger partial charge in [-0.25, -0.2) is 0 Å². The summed E-state index contributed by atoms with van der Waals surface area (Å²) < 4.78 is 0. The van der Waals surface area contributed by atoms with Crippen molar-refractivity contribution in [2.75, 3.05) is 4.90 Å². The Morgan fingerprint density at radius 1 is 0.897 bits per heavy atom. The van der Waals surface area contributed by atoms with E-state index in [9.17, 15) is 4.79 Å². The van der Waals surface area contributed by atoms with Crippen LogP contribution in [-0.4, -0.2) is 31.1 Å². The van der Waals surface area contributed by atoms with Gasteiger partial charge in [0.1, 0.15) is 6.54 Å². The Labute approximate surface area is 167 Å². The lowest BCUT2D eigenvalue weighted by molar-refractivity contribution is -0.118. The number of rotatable bonds is 3. The number of tetrazole rings is 1. The predicted molar refractivity (Wildman–Crippen MR) is 108 cm³/mol. The van der Waals surface area contributed by atoms with Crippen LogP contribution in [0.25, 0.3) is 11.4 Å². The molecule has 142 valence electrons. The number of fused-ring (bicyclic) bond motifs is 2. The van der Waals surface area contributed by atoms with E-state index in [4.69, 9.17) is 0 Å². The Balaban J connectivity index is 1.49. The van der Waals surface area contributed by atoms with Gasteiger partial charge in [0.2, 0.25) is 5.82 Å². The third-order valence-corrected chi connectivity index (χ3v) is 5.03. The molecule has 0 bridgehead atoms. The summed E-state index contributed by atoms with van der Waals surface area (Å²) in [5.41, 5.74) is 4.89. The Morgan fingerprint density at radius 2 is 1.59 bits per heavy atom. The lowest BCUT2D eigenvalue weighted by Crippen LogP contribution is -2.31. The number of anilines is 2. The first-order valence-corrected chi connectivity index (χ1v) is 9.46. The minimum atomic E-state index is -0.109. The van der Waals surface area contributed by atoms with Crippen molar-refractivity contribution < 1.29 is 4.79 Å². The highest BCUT2D eigenvalue weighted by Gasteiger charge is 2.26. The number of pyridine rings is 1. The molecule has 0 unspecified atom stereocenters. The van der Waals surface area contributed by atoms with Gasteiger partial charge in [-0.2, -0.15) is 4.80 Å². The van der Waals surface area contributed by atoms with Crippen molar-refractivity contribution >= 4 is 17.3 Å². The van der Waals surface area contributed by atoms with Crippen LogP contribution in [0.4, 0.5) is 11.4 Å². The number of hydrogen-bond donors (Lipinski definition) is 0. The molecular formula is C22H18N6O. The second kappa shape index (κ2) is 7.27. The molecule has 0 saturated carbocycles. The average molecular weight is 382 g/mol. The zero-order valence-corrected chi connectivity index (χ0v) is 15.6. The first-order chi connectivity index (χ1) is 14.3. The highest BCUT2D eigenvalue weighted by Crippen LogP contribution is 2.36. The molecule has 0 N–H and O–H groups in total. The lowest BCUT2D eigenvalue weighted by Gasteiger charge is -2.24. The fourth-order valence-electron chi connectivity index (χ4n) is 3.66. The van der Waals surface area contributed by atoms with Gasteiger partial charge in [0.15, 0.2) is 0 Å². The molecule has 3 heterocycles. The van der Waals surface area contributed by atoms with E-state index in [1.807, 2.05) is 48.5 Å². The third-order valence-electron chi connectivity index (χ3n) is 5.03. The molecule has 1 aliphatic heterocycles. The van der Waals surface area contributed by atoms with Gasteiger partial charge in [-0.3, -0.25) is 14.7 Å². The third kappa shape index (κ3) is 3.27. The van der Waals surface area contributed by atoms with Gasteiger partial charge < -0.3 is 0 Å². The highest BCUT2D eigenvalue weighted by atomic mass is 16.2. The van der Waals surface area contributed by atoms with Crippen molar-refractivity contribution in [3.8, 4) is 11.4 Å². The smallest absolute Gasteiger partial charge is 0.255 e. The molecule has 0 aliphatic carbocycles. The Hall–Kier alpha value is -3.87. The van der Waals surface area contributed by atoms with Crippen LogP contribution in [-0.2, 0) is 24.2 Å². The summed E-state index contributed by atoms with van der Waals surface area (Å²) in [6, 6.07) is 19.8. The first kappa shape index (κ1) is 17.2. The predicted octanol–water partition coefficient (Wildman–Crippen LogP) is 3.20. The average Bonchev–Trinajstić information content (AvgIpc) is 3.16. The SMILES string of the molecule is O=C(Cn1nnc(-c2cccnc2)n1)N1c2ccccc2CCc2ccccc21. The molecule has 4 aromatic rings. The van der Waals surface area contributed by atoms with E-state index in [1.54, 1.807) is 17.3 Å². The minimum absolute atomic E-state index is 0.00404. The van der Waals surface area contributed by atoms with Gasteiger partial charge in [-0.05, 0) is 53.4 Å². The van der Waals surface area contributed by atoms with Crippen LogP contribution >= 0.6 is 0 Å². The van der Waals surface area contributed by atoms with Crippen molar-refractivity contribution in [2.24, 2.45) is 0 Å². The fraction of sp³-hybridized carbons (Fsp3) is 0.136. The van der Waals surface area contributed by atoms with E-state index >= 15 is 0 Å². The molecule has 1 amide bonds. The Bertz CT molecular complexity index is 1120. The van der Waals surface area contributed by atoms with Crippen LogP contribution in [0.3, 0.4) is 0 Å². The molecule has 0 spiro atoms. The summed E-state index contributed by atoms with van der Waals surface area (Å²) in [5, 5.41) is 12.5. The highest BCUT2D eigenvalue weighted by molar-refractivity contribution is 6.02. The number of carbonyl (C=O) groups excluding carboxylic acids is 1. The summed E-state index contributed by atoms with van der Waals surface area (Å²) in [6.45, 7) is -0.00404. The summed E-state index contributed by atoms with van der Waals surface area (Å²) in [6.07, 6.45) is 5.14. The van der Waals surface area contributed by atoms with Crippen molar-refractivity contribution in [1.29, 1.82) is 0 Å². The van der Waals surface area contributed by atoms with Crippen molar-refractivity contribution in [3.63, 3.8) is 0 Å². The molecule has 0 fully saturated rings. The molecule has 2 aromatic heterocycles. The number of aryl methyl sites for hydroxylation is 2. The monoisotopic (exact) mass is 382 g/mol. The number of carbonyl (C=O) groups is 1. The van der Waals surface area contributed by atoms with Gasteiger partial charge in [0.05, 0.1) is 11.4 Å². The maximum Gasteiger partial charge on any atom is 0.255 e. The molecule has 5 rings (SSSR count). The largest absolute Gasteiger partial charge is 0.279 e. The van der Waals surface area contributed by atoms with Crippen molar-refractivity contribution in [2.45, 2.75) is 19.4 Å². The Kier molecular flexibility index (Phi) is 4.32. The zero-order valence-electron chi connectivity index (χ0n) is 15.6. The number of benzene rings is 2. The van der Waals surface area contributed by atoms with E-state index in [0.29, 0.717) is 5.82 Å². The molecular weight excluding hydrogens is 364 g/mol. The number of amides is 1. The summed E-state index contributed by atoms with van der Waals surface area (Å²) in [4.78, 5) is 20.6. The van der Waals surface area contributed by atoms with Gasteiger partial charge in [-0.15, -0.1) is 10.2 Å². The summed E-state index contributed by atoms with van der Waals surface area (Å²) in [5.74, 6) is 0.338. The van der Waals surface area contributed by atoms with E-state index in [1.165, 1.54) is 4.80 Å². The number of nitrogens with zero attached hydrogens (tertiary/aromatic N) is 6. The fourth-order valence-corrected chi connectivity index (χ4v) is 3.66. The molecule has 0 radical (unpaired) electrons. The quantitative estimate of drug-likeness (QED) is 0.544. The lowest BCUT2D eigenvalue weighted by atomic mass is 10.0. The van der Waals surface area contributed by atoms with E-state index in [-0.39, 0.29) is 12.5 Å². The molecule has 0 saturated heterocycles. The standard InChI is InChI=1S/C22H18N6O/c29-21(15-27-25-22(24-26-27)18-8-5-13-23-14-18)28-19-9-3-1-6-16(19)11-12-17-7-2-4-10-20(17)28/h1-10,13-14H,11-12,15H2. The zero-order chi connectivity index (χ0) is 19.6. The van der Waals surface area contributed by atoms with E-state index in [0.717, 1.165) is 40.9 Å². The first-order valence-electron chi connectivity index (χ1n) is 9.46. The van der Waals surface area contributed by atoms with Crippen LogP contribution in [0.5, 0.6) is 0 Å². The van der Waals surface area contributed by atoms with Gasteiger partial charge in [0, 0.05) is 18.0 Å². The van der Waals surface area contributed by atoms with Gasteiger partial charge in [-0.1, -0.05) is 36.4 Å². The van der Waals surface area contributed by atoms with Crippen LogP contribution in [0.1, 0.15) is 11.1 Å².